The Morgan fingerprint density at radius 2 is 1.85 bits per heavy atom. The van der Waals surface area contributed by atoms with Crippen LogP contribution in [0.5, 0.6) is 5.75 Å². The van der Waals surface area contributed by atoms with Gasteiger partial charge in [0.2, 0.25) is 0 Å². The number of carbonyl (C=O) groups is 4. The van der Waals surface area contributed by atoms with Crippen molar-refractivity contribution in [2.24, 2.45) is 5.73 Å². The highest BCUT2D eigenvalue weighted by Gasteiger charge is 2.16. The van der Waals surface area contributed by atoms with E-state index in [2.05, 4.69) is 10.6 Å². The maximum atomic E-state index is 12.1. The maximum absolute atomic E-state index is 12.1. The van der Waals surface area contributed by atoms with E-state index in [4.69, 9.17) is 15.2 Å². The van der Waals surface area contributed by atoms with E-state index in [1.54, 1.807) is 29.6 Å². The molecule has 10 heteroatoms. The van der Waals surface area contributed by atoms with Crippen molar-refractivity contribution < 1.29 is 28.7 Å². The van der Waals surface area contributed by atoms with Crippen LogP contribution in [0, 0.1) is 0 Å². The van der Waals surface area contributed by atoms with Crippen LogP contribution in [-0.2, 0) is 14.3 Å². The summed E-state index contributed by atoms with van der Waals surface area (Å²) in [5.41, 5.74) is 5.61. The first kappa shape index (κ1) is 19.9. The number of rotatable bonds is 8. The minimum atomic E-state index is -0.797. The van der Waals surface area contributed by atoms with E-state index in [9.17, 15) is 19.2 Å². The Morgan fingerprint density at radius 3 is 2.56 bits per heavy atom. The van der Waals surface area contributed by atoms with Crippen LogP contribution in [0.1, 0.15) is 20.7 Å². The lowest BCUT2D eigenvalue weighted by atomic mass is 10.2. The molecule has 0 unspecified atom stereocenters. The number of benzene rings is 1. The molecule has 0 radical (unpaired) electrons. The molecule has 142 valence electrons. The fourth-order valence-corrected chi connectivity index (χ4v) is 2.85. The lowest BCUT2D eigenvalue weighted by molar-refractivity contribution is -0.146. The molecule has 0 fully saturated rings. The van der Waals surface area contributed by atoms with Crippen LogP contribution < -0.4 is 21.1 Å². The number of carbonyl (C=O) groups excluding carboxylic acids is 4. The zero-order chi connectivity index (χ0) is 19.8. The summed E-state index contributed by atoms with van der Waals surface area (Å²) in [7, 11) is 1.43. The Hall–Kier alpha value is -3.40. The molecule has 0 aliphatic carbocycles. The van der Waals surface area contributed by atoms with Gasteiger partial charge >= 0.3 is 5.97 Å². The summed E-state index contributed by atoms with van der Waals surface area (Å²) >= 11 is 1.11. The van der Waals surface area contributed by atoms with Crippen molar-refractivity contribution in [2.75, 3.05) is 25.6 Å². The second kappa shape index (κ2) is 9.34. The third-order valence-corrected chi connectivity index (χ3v) is 4.12. The summed E-state index contributed by atoms with van der Waals surface area (Å²) < 4.78 is 9.85. The van der Waals surface area contributed by atoms with E-state index in [-0.39, 0.29) is 16.1 Å². The van der Waals surface area contributed by atoms with Crippen LogP contribution in [0.4, 0.5) is 5.00 Å². The highest BCUT2D eigenvalue weighted by molar-refractivity contribution is 7.14. The molecule has 3 amide bonds. The molecule has 2 rings (SSSR count). The standard InChI is InChI=1S/C17H17N3O6S/c1-25-12-5-3-2-4-10(12)16(24)19-8-14(22)26-9-13(21)20-17-11(15(18)23)6-7-27-17/h2-7H,8-9H2,1H3,(H2,18,23)(H,19,24)(H,20,21). The fraction of sp³-hybridized carbons (Fsp3) is 0.176. The van der Waals surface area contributed by atoms with Gasteiger partial charge in [-0.2, -0.15) is 0 Å². The number of methoxy groups -OCH3 is 1. The van der Waals surface area contributed by atoms with Crippen molar-refractivity contribution in [3.05, 3.63) is 46.8 Å². The number of hydrogen-bond donors (Lipinski definition) is 3. The normalized spacial score (nSPS) is 9.96. The number of nitrogens with one attached hydrogen (secondary N) is 2. The van der Waals surface area contributed by atoms with E-state index in [1.165, 1.54) is 13.2 Å². The molecule has 0 aliphatic heterocycles. The molecule has 0 aliphatic rings. The minimum absolute atomic E-state index is 0.170. The topological polar surface area (TPSA) is 137 Å². The van der Waals surface area contributed by atoms with Gasteiger partial charge in [0.1, 0.15) is 17.3 Å². The smallest absolute Gasteiger partial charge is 0.325 e. The number of esters is 1. The maximum Gasteiger partial charge on any atom is 0.325 e. The number of ether oxygens (including phenoxy) is 2. The fourth-order valence-electron chi connectivity index (χ4n) is 2.04. The molecule has 9 nitrogen and oxygen atoms in total. The van der Waals surface area contributed by atoms with Gasteiger partial charge in [-0.3, -0.25) is 19.2 Å². The molecule has 0 spiro atoms. The van der Waals surface area contributed by atoms with E-state index >= 15 is 0 Å². The Kier molecular flexibility index (Phi) is 6.89. The van der Waals surface area contributed by atoms with Crippen LogP contribution >= 0.6 is 11.3 Å². The summed E-state index contributed by atoms with van der Waals surface area (Å²) in [5.74, 6) is -2.26. The lowest BCUT2D eigenvalue weighted by Gasteiger charge is -2.09. The summed E-state index contributed by atoms with van der Waals surface area (Å²) in [6.45, 7) is -0.991. The largest absolute Gasteiger partial charge is 0.496 e. The van der Waals surface area contributed by atoms with Crippen molar-refractivity contribution in [3.63, 3.8) is 0 Å². The van der Waals surface area contributed by atoms with Crippen molar-refractivity contribution in [1.29, 1.82) is 0 Å². The van der Waals surface area contributed by atoms with Gasteiger partial charge in [0.25, 0.3) is 17.7 Å². The molecule has 1 aromatic carbocycles. The summed E-state index contributed by atoms with van der Waals surface area (Å²) in [6.07, 6.45) is 0. The average molecular weight is 391 g/mol. The predicted molar refractivity (Wildman–Crippen MR) is 97.8 cm³/mol. The first-order chi connectivity index (χ1) is 12.9. The van der Waals surface area contributed by atoms with Gasteiger partial charge in [-0.05, 0) is 23.6 Å². The molecule has 4 N–H and O–H groups in total. The Balaban J connectivity index is 1.79. The minimum Gasteiger partial charge on any atom is -0.496 e. The first-order valence-electron chi connectivity index (χ1n) is 7.66. The number of thiophene rings is 1. The molecule has 0 saturated heterocycles. The van der Waals surface area contributed by atoms with E-state index < -0.39 is 36.8 Å². The van der Waals surface area contributed by atoms with Crippen molar-refractivity contribution in [2.45, 2.75) is 0 Å². The van der Waals surface area contributed by atoms with E-state index in [1.807, 2.05) is 0 Å². The lowest BCUT2D eigenvalue weighted by Crippen LogP contribution is -2.32. The van der Waals surface area contributed by atoms with Gasteiger partial charge in [0.15, 0.2) is 6.61 Å². The quantitative estimate of drug-likeness (QED) is 0.569. The number of anilines is 1. The van der Waals surface area contributed by atoms with Crippen molar-refractivity contribution in [3.8, 4) is 5.75 Å². The average Bonchev–Trinajstić information content (AvgIpc) is 3.12. The Labute approximate surface area is 158 Å². The second-order valence-corrected chi connectivity index (χ2v) is 6.04. The highest BCUT2D eigenvalue weighted by atomic mass is 32.1. The molecule has 1 heterocycles. The number of amides is 3. The summed E-state index contributed by atoms with van der Waals surface area (Å²) in [5, 5.41) is 6.68. The Bertz CT molecular complexity index is 864. The monoisotopic (exact) mass is 391 g/mol. The summed E-state index contributed by atoms with van der Waals surface area (Å²) in [6, 6.07) is 8.00. The third kappa shape index (κ3) is 5.54. The van der Waals surface area contributed by atoms with Crippen molar-refractivity contribution >= 4 is 40.0 Å². The molecule has 27 heavy (non-hydrogen) atoms. The number of para-hydroxylation sites is 1. The summed E-state index contributed by atoms with van der Waals surface area (Å²) in [4.78, 5) is 46.7. The third-order valence-electron chi connectivity index (χ3n) is 3.29. The first-order valence-corrected chi connectivity index (χ1v) is 8.54. The molecule has 2 aromatic rings. The zero-order valence-electron chi connectivity index (χ0n) is 14.3. The Morgan fingerprint density at radius 1 is 1.11 bits per heavy atom. The molecule has 0 saturated carbocycles. The predicted octanol–water partition coefficient (Wildman–Crippen LogP) is 0.767. The number of primary amides is 1. The molecular weight excluding hydrogens is 374 g/mol. The molecule has 0 atom stereocenters. The molecule has 0 bridgehead atoms. The van der Waals surface area contributed by atoms with Gasteiger partial charge in [-0.25, -0.2) is 0 Å². The number of nitrogens with two attached hydrogens (primary N) is 1. The SMILES string of the molecule is COc1ccccc1C(=O)NCC(=O)OCC(=O)Nc1sccc1C(N)=O. The zero-order valence-corrected chi connectivity index (χ0v) is 15.1. The number of hydrogen-bond acceptors (Lipinski definition) is 7. The molecular formula is C17H17N3O6S. The van der Waals surface area contributed by atoms with E-state index in [0.717, 1.165) is 11.3 Å². The van der Waals surface area contributed by atoms with Crippen LogP contribution in [0.2, 0.25) is 0 Å². The van der Waals surface area contributed by atoms with Crippen LogP contribution in [-0.4, -0.2) is 44.0 Å². The van der Waals surface area contributed by atoms with Gasteiger partial charge in [0, 0.05) is 0 Å². The van der Waals surface area contributed by atoms with Gasteiger partial charge in [0.05, 0.1) is 18.2 Å². The van der Waals surface area contributed by atoms with Gasteiger partial charge in [-0.1, -0.05) is 12.1 Å². The van der Waals surface area contributed by atoms with Crippen molar-refractivity contribution in [1.82, 2.24) is 5.32 Å². The van der Waals surface area contributed by atoms with Gasteiger partial charge in [-0.15, -0.1) is 11.3 Å². The van der Waals surface area contributed by atoms with E-state index in [0.29, 0.717) is 5.75 Å². The van der Waals surface area contributed by atoms with Gasteiger partial charge < -0.3 is 25.8 Å². The molecule has 1 aromatic heterocycles. The van der Waals surface area contributed by atoms with Crippen LogP contribution in [0.25, 0.3) is 0 Å². The highest BCUT2D eigenvalue weighted by Crippen LogP contribution is 2.22. The van der Waals surface area contributed by atoms with Crippen LogP contribution in [0.3, 0.4) is 0 Å². The second-order valence-electron chi connectivity index (χ2n) is 5.12. The van der Waals surface area contributed by atoms with Crippen LogP contribution in [0.15, 0.2) is 35.7 Å².